The molecule has 1 saturated heterocycles. The minimum absolute atomic E-state index is 0.0171. The molecule has 1 aromatic rings. The molecule has 9 heteroatoms. The van der Waals surface area contributed by atoms with E-state index in [-0.39, 0.29) is 24.3 Å². The van der Waals surface area contributed by atoms with E-state index in [4.69, 9.17) is 5.26 Å². The highest BCUT2D eigenvalue weighted by Gasteiger charge is 2.47. The normalized spacial score (nSPS) is 22.3. The van der Waals surface area contributed by atoms with Crippen molar-refractivity contribution in [3.8, 4) is 6.07 Å². The molecule has 0 aromatic heterocycles. The molecule has 2 unspecified atom stereocenters. The van der Waals surface area contributed by atoms with Gasteiger partial charge in [0.15, 0.2) is 0 Å². The van der Waals surface area contributed by atoms with Gasteiger partial charge in [-0.15, -0.1) is 0 Å². The van der Waals surface area contributed by atoms with Gasteiger partial charge in [-0.3, -0.25) is 0 Å². The van der Waals surface area contributed by atoms with Crippen molar-refractivity contribution < 1.29 is 31.4 Å². The molecule has 1 heterocycles. The number of alkyl halides is 6. The van der Waals surface area contributed by atoms with Crippen molar-refractivity contribution in [2.45, 2.75) is 18.8 Å². The van der Waals surface area contributed by atoms with Gasteiger partial charge in [0.2, 0.25) is 0 Å². The van der Waals surface area contributed by atoms with Crippen LogP contribution in [0.4, 0.5) is 32.0 Å². The number of aliphatic hydroxyl groups excluding tert-OH is 1. The number of halogens is 6. The molecule has 2 atom stereocenters. The molecule has 1 fully saturated rings. The van der Waals surface area contributed by atoms with Crippen LogP contribution in [0.25, 0.3) is 0 Å². The first-order valence-electron chi connectivity index (χ1n) is 7.11. The van der Waals surface area contributed by atoms with E-state index >= 15 is 0 Å². The van der Waals surface area contributed by atoms with Gasteiger partial charge >= 0.3 is 12.4 Å². The summed E-state index contributed by atoms with van der Waals surface area (Å²) in [6.45, 7) is -1.38. The Kier molecular flexibility index (Phi) is 4.99. The molecule has 1 aliphatic heterocycles. The molecular formula is C15H14F6N2O. The largest absolute Gasteiger partial charge is 0.418 e. The minimum Gasteiger partial charge on any atom is -0.396 e. The quantitative estimate of drug-likeness (QED) is 0.828. The van der Waals surface area contributed by atoms with Gasteiger partial charge in [0.05, 0.1) is 28.8 Å². The van der Waals surface area contributed by atoms with Crippen LogP contribution in [-0.4, -0.2) is 31.0 Å². The second-order valence-electron chi connectivity index (χ2n) is 5.67. The average molecular weight is 352 g/mol. The second kappa shape index (κ2) is 6.51. The van der Waals surface area contributed by atoms with E-state index in [0.29, 0.717) is 0 Å². The summed E-state index contributed by atoms with van der Waals surface area (Å²) in [6, 6.07) is 4.50. The zero-order chi connectivity index (χ0) is 18.1. The van der Waals surface area contributed by atoms with Crippen LogP contribution < -0.4 is 4.90 Å². The third-order valence-electron chi connectivity index (χ3n) is 4.16. The monoisotopic (exact) mass is 352 g/mol. The van der Waals surface area contributed by atoms with Crippen LogP contribution in [0, 0.1) is 23.2 Å². The Morgan fingerprint density at radius 2 is 1.88 bits per heavy atom. The summed E-state index contributed by atoms with van der Waals surface area (Å²) >= 11 is 0. The molecule has 1 N–H and O–H groups in total. The maximum Gasteiger partial charge on any atom is 0.418 e. The first-order chi connectivity index (χ1) is 11.1. The van der Waals surface area contributed by atoms with E-state index < -0.39 is 42.8 Å². The van der Waals surface area contributed by atoms with E-state index in [1.807, 2.05) is 0 Å². The molecule has 0 radical (unpaired) electrons. The van der Waals surface area contributed by atoms with Crippen molar-refractivity contribution in [1.29, 1.82) is 5.26 Å². The van der Waals surface area contributed by atoms with Gasteiger partial charge in [0, 0.05) is 25.6 Å². The highest BCUT2D eigenvalue weighted by Crippen LogP contribution is 2.42. The number of hydrogen-bond acceptors (Lipinski definition) is 3. The molecule has 0 spiro atoms. The van der Waals surface area contributed by atoms with Gasteiger partial charge in [0.25, 0.3) is 0 Å². The first-order valence-corrected chi connectivity index (χ1v) is 7.11. The number of piperidine rings is 1. The topological polar surface area (TPSA) is 47.3 Å². The fraction of sp³-hybridized carbons (Fsp3) is 0.533. The van der Waals surface area contributed by atoms with Crippen LogP contribution >= 0.6 is 0 Å². The zero-order valence-corrected chi connectivity index (χ0v) is 12.3. The third kappa shape index (κ3) is 3.75. The van der Waals surface area contributed by atoms with E-state index in [0.717, 1.165) is 23.1 Å². The molecule has 2 rings (SSSR count). The molecule has 0 aliphatic carbocycles. The molecule has 1 aromatic carbocycles. The third-order valence-corrected chi connectivity index (χ3v) is 4.16. The molecule has 1 aliphatic rings. The van der Waals surface area contributed by atoms with Crippen LogP contribution in [0.3, 0.4) is 0 Å². The highest BCUT2D eigenvalue weighted by molar-refractivity contribution is 5.59. The fourth-order valence-corrected chi connectivity index (χ4v) is 2.97. The summed E-state index contributed by atoms with van der Waals surface area (Å²) in [6.07, 6.45) is -9.62. The number of anilines is 1. The lowest BCUT2D eigenvalue weighted by atomic mass is 9.85. The van der Waals surface area contributed by atoms with Gasteiger partial charge in [0.1, 0.15) is 0 Å². The van der Waals surface area contributed by atoms with Gasteiger partial charge in [-0.1, -0.05) is 0 Å². The standard InChI is InChI=1S/C15H14F6N2O/c16-14(17,18)11-3-4-23(7-10(11)8-24)13-5-9(6-22)1-2-12(13)15(19,20)21/h1-2,5,10-11,24H,3-4,7-8H2. The SMILES string of the molecule is N#Cc1ccc(C(F)(F)F)c(N2CCC(C(F)(F)F)C(CO)C2)c1. The highest BCUT2D eigenvalue weighted by atomic mass is 19.4. The molecule has 3 nitrogen and oxygen atoms in total. The van der Waals surface area contributed by atoms with Crippen LogP contribution in [0.15, 0.2) is 18.2 Å². The fourth-order valence-electron chi connectivity index (χ4n) is 2.97. The zero-order valence-electron chi connectivity index (χ0n) is 12.3. The number of benzene rings is 1. The van der Waals surface area contributed by atoms with Crippen molar-refractivity contribution in [2.75, 3.05) is 24.6 Å². The molecule has 0 saturated carbocycles. The Morgan fingerprint density at radius 1 is 1.21 bits per heavy atom. The van der Waals surface area contributed by atoms with Gasteiger partial charge < -0.3 is 10.0 Å². The van der Waals surface area contributed by atoms with Crippen molar-refractivity contribution >= 4 is 5.69 Å². The smallest absolute Gasteiger partial charge is 0.396 e. The summed E-state index contributed by atoms with van der Waals surface area (Å²) in [5.74, 6) is -2.97. The van der Waals surface area contributed by atoms with Crippen molar-refractivity contribution in [3.63, 3.8) is 0 Å². The number of rotatable bonds is 2. The maximum absolute atomic E-state index is 13.1. The lowest BCUT2D eigenvalue weighted by molar-refractivity contribution is -0.195. The molecule has 132 valence electrons. The van der Waals surface area contributed by atoms with Gasteiger partial charge in [-0.05, 0) is 24.6 Å². The molecular weight excluding hydrogens is 338 g/mol. The average Bonchev–Trinajstić information content (AvgIpc) is 2.51. The summed E-state index contributed by atoms with van der Waals surface area (Å²) in [4.78, 5) is 1.16. The van der Waals surface area contributed by atoms with Gasteiger partial charge in [-0.25, -0.2) is 0 Å². The van der Waals surface area contributed by atoms with Gasteiger partial charge in [-0.2, -0.15) is 31.6 Å². The molecule has 0 bridgehead atoms. The lowest BCUT2D eigenvalue weighted by Crippen LogP contribution is -2.47. The Bertz CT molecular complexity index is 634. The van der Waals surface area contributed by atoms with E-state index in [1.54, 1.807) is 6.07 Å². The Balaban J connectivity index is 2.37. The number of nitrogens with zero attached hydrogens (tertiary/aromatic N) is 2. The number of aliphatic hydroxyl groups is 1. The Hall–Kier alpha value is -1.95. The predicted octanol–water partition coefficient (Wildman–Crippen LogP) is 3.57. The van der Waals surface area contributed by atoms with Crippen LogP contribution in [0.2, 0.25) is 0 Å². The summed E-state index contributed by atoms with van der Waals surface area (Å²) in [5.41, 5.74) is -1.36. The maximum atomic E-state index is 13.1. The lowest BCUT2D eigenvalue weighted by Gasteiger charge is -2.40. The number of hydrogen-bond donors (Lipinski definition) is 1. The molecule has 0 amide bonds. The van der Waals surface area contributed by atoms with Crippen molar-refractivity contribution in [1.82, 2.24) is 0 Å². The van der Waals surface area contributed by atoms with E-state index in [1.165, 1.54) is 0 Å². The van der Waals surface area contributed by atoms with E-state index in [2.05, 4.69) is 0 Å². The number of nitriles is 1. The van der Waals surface area contributed by atoms with Crippen LogP contribution in [0.5, 0.6) is 0 Å². The van der Waals surface area contributed by atoms with E-state index in [9.17, 15) is 31.4 Å². The summed E-state index contributed by atoms with van der Waals surface area (Å²) < 4.78 is 78.3. The molecule has 24 heavy (non-hydrogen) atoms. The summed E-state index contributed by atoms with van der Waals surface area (Å²) in [5, 5.41) is 18.1. The van der Waals surface area contributed by atoms with Crippen LogP contribution in [0.1, 0.15) is 17.5 Å². The summed E-state index contributed by atoms with van der Waals surface area (Å²) in [7, 11) is 0. The second-order valence-corrected chi connectivity index (χ2v) is 5.67. The Morgan fingerprint density at radius 3 is 2.38 bits per heavy atom. The van der Waals surface area contributed by atoms with Crippen molar-refractivity contribution in [2.24, 2.45) is 11.8 Å². The first kappa shape index (κ1) is 18.4. The minimum atomic E-state index is -4.70. The van der Waals surface area contributed by atoms with Crippen LogP contribution in [-0.2, 0) is 6.18 Å². The predicted molar refractivity (Wildman–Crippen MR) is 73.1 cm³/mol. The Labute approximate surface area is 134 Å². The van der Waals surface area contributed by atoms with Crippen molar-refractivity contribution in [3.05, 3.63) is 29.3 Å².